The average Bonchev–Trinajstić information content (AvgIpc) is 3.15. The lowest BCUT2D eigenvalue weighted by molar-refractivity contribution is -0.120. The van der Waals surface area contributed by atoms with E-state index in [0.29, 0.717) is 23.1 Å². The SMILES string of the molecule is COc1ccc(-c2nc(CC(=O)NCc3ccccc3Cl)cs2)cc1OC. The molecule has 0 saturated carbocycles. The quantitative estimate of drug-likeness (QED) is 0.638. The first kappa shape index (κ1) is 19.2. The molecule has 140 valence electrons. The highest BCUT2D eigenvalue weighted by molar-refractivity contribution is 7.13. The van der Waals surface area contributed by atoms with Crippen LogP contribution in [0.5, 0.6) is 11.5 Å². The first-order chi connectivity index (χ1) is 13.1. The van der Waals surface area contributed by atoms with Crippen molar-refractivity contribution in [2.45, 2.75) is 13.0 Å². The van der Waals surface area contributed by atoms with Gasteiger partial charge in [-0.2, -0.15) is 0 Å². The fraction of sp³-hybridized carbons (Fsp3) is 0.200. The molecule has 0 fully saturated rings. The van der Waals surface area contributed by atoms with Crippen LogP contribution in [-0.2, 0) is 17.8 Å². The van der Waals surface area contributed by atoms with Crippen LogP contribution >= 0.6 is 22.9 Å². The molecule has 5 nitrogen and oxygen atoms in total. The largest absolute Gasteiger partial charge is 0.493 e. The maximum atomic E-state index is 12.2. The van der Waals surface area contributed by atoms with E-state index in [1.54, 1.807) is 20.3 Å². The van der Waals surface area contributed by atoms with Gasteiger partial charge >= 0.3 is 0 Å². The fourth-order valence-electron chi connectivity index (χ4n) is 2.55. The molecule has 0 aliphatic carbocycles. The summed E-state index contributed by atoms with van der Waals surface area (Å²) in [6.07, 6.45) is 0.217. The average molecular weight is 403 g/mol. The van der Waals surface area contributed by atoms with Crippen molar-refractivity contribution in [3.05, 3.63) is 64.1 Å². The summed E-state index contributed by atoms with van der Waals surface area (Å²) in [6.45, 7) is 0.394. The van der Waals surface area contributed by atoms with Crippen LogP contribution in [0.3, 0.4) is 0 Å². The summed E-state index contributed by atoms with van der Waals surface area (Å²) >= 11 is 7.59. The minimum Gasteiger partial charge on any atom is -0.493 e. The number of thiazole rings is 1. The van der Waals surface area contributed by atoms with Crippen LogP contribution in [0.25, 0.3) is 10.6 Å². The van der Waals surface area contributed by atoms with E-state index in [4.69, 9.17) is 21.1 Å². The summed E-state index contributed by atoms with van der Waals surface area (Å²) < 4.78 is 10.6. The topological polar surface area (TPSA) is 60.5 Å². The third-order valence-electron chi connectivity index (χ3n) is 3.96. The maximum Gasteiger partial charge on any atom is 0.226 e. The molecule has 0 aliphatic rings. The van der Waals surface area contributed by atoms with Crippen molar-refractivity contribution in [3.63, 3.8) is 0 Å². The van der Waals surface area contributed by atoms with Crippen molar-refractivity contribution in [1.29, 1.82) is 0 Å². The van der Waals surface area contributed by atoms with Crippen molar-refractivity contribution in [1.82, 2.24) is 10.3 Å². The lowest BCUT2D eigenvalue weighted by atomic mass is 10.2. The van der Waals surface area contributed by atoms with E-state index in [9.17, 15) is 4.79 Å². The van der Waals surface area contributed by atoms with Crippen LogP contribution in [0.2, 0.25) is 5.02 Å². The smallest absolute Gasteiger partial charge is 0.226 e. The summed E-state index contributed by atoms with van der Waals surface area (Å²) in [4.78, 5) is 16.8. The van der Waals surface area contributed by atoms with Crippen molar-refractivity contribution in [2.75, 3.05) is 14.2 Å². The number of halogens is 1. The maximum absolute atomic E-state index is 12.2. The van der Waals surface area contributed by atoms with Gasteiger partial charge in [-0.25, -0.2) is 4.98 Å². The van der Waals surface area contributed by atoms with Gasteiger partial charge in [0.15, 0.2) is 11.5 Å². The second-order valence-electron chi connectivity index (χ2n) is 5.76. The Morgan fingerprint density at radius 2 is 1.93 bits per heavy atom. The molecule has 1 N–H and O–H groups in total. The number of rotatable bonds is 7. The molecule has 0 unspecified atom stereocenters. The van der Waals surface area contributed by atoms with Crippen LogP contribution in [0.15, 0.2) is 47.8 Å². The zero-order valence-electron chi connectivity index (χ0n) is 15.0. The Kier molecular flexibility index (Phi) is 6.32. The molecule has 1 heterocycles. The third-order valence-corrected chi connectivity index (χ3v) is 5.27. The van der Waals surface area contributed by atoms with Crippen LogP contribution in [0.1, 0.15) is 11.3 Å². The van der Waals surface area contributed by atoms with E-state index >= 15 is 0 Å². The van der Waals surface area contributed by atoms with Crippen LogP contribution < -0.4 is 14.8 Å². The molecule has 1 aromatic heterocycles. The summed E-state index contributed by atoms with van der Waals surface area (Å²) in [7, 11) is 3.19. The van der Waals surface area contributed by atoms with Gasteiger partial charge in [-0.05, 0) is 29.8 Å². The van der Waals surface area contributed by atoms with E-state index in [1.807, 2.05) is 41.8 Å². The standard InChI is InChI=1S/C20H19ClN2O3S/c1-25-17-8-7-13(9-18(17)26-2)20-23-15(12-27-20)10-19(24)22-11-14-5-3-4-6-16(14)21/h3-9,12H,10-11H2,1-2H3,(H,22,24). The number of methoxy groups -OCH3 is 2. The molecule has 3 aromatic rings. The third kappa shape index (κ3) is 4.78. The molecule has 0 saturated heterocycles. The van der Waals surface area contributed by atoms with Crippen molar-refractivity contribution < 1.29 is 14.3 Å². The van der Waals surface area contributed by atoms with Crippen LogP contribution in [-0.4, -0.2) is 25.1 Å². The molecular weight excluding hydrogens is 384 g/mol. The number of nitrogens with zero attached hydrogens (tertiary/aromatic N) is 1. The monoisotopic (exact) mass is 402 g/mol. The zero-order chi connectivity index (χ0) is 19.2. The Bertz CT molecular complexity index is 942. The van der Waals surface area contributed by atoms with Gasteiger partial charge in [0.25, 0.3) is 0 Å². The number of hydrogen-bond acceptors (Lipinski definition) is 5. The predicted molar refractivity (Wildman–Crippen MR) is 108 cm³/mol. The minimum absolute atomic E-state index is 0.0981. The lowest BCUT2D eigenvalue weighted by Gasteiger charge is -2.08. The number of carbonyl (C=O) groups is 1. The van der Waals surface area contributed by atoms with Crippen molar-refractivity contribution >= 4 is 28.8 Å². The molecule has 0 atom stereocenters. The van der Waals surface area contributed by atoms with Crippen LogP contribution in [0.4, 0.5) is 0 Å². The van der Waals surface area contributed by atoms with Crippen LogP contribution in [0, 0.1) is 0 Å². The number of benzene rings is 2. The Balaban J connectivity index is 1.64. The molecule has 0 radical (unpaired) electrons. The van der Waals surface area contributed by atoms with Gasteiger partial charge in [0.05, 0.1) is 26.3 Å². The lowest BCUT2D eigenvalue weighted by Crippen LogP contribution is -2.24. The Hall–Kier alpha value is -2.57. The summed E-state index contributed by atoms with van der Waals surface area (Å²) in [5.74, 6) is 1.21. The molecule has 0 bridgehead atoms. The Morgan fingerprint density at radius 1 is 1.15 bits per heavy atom. The number of aromatic nitrogens is 1. The van der Waals surface area contributed by atoms with Gasteiger partial charge < -0.3 is 14.8 Å². The highest BCUT2D eigenvalue weighted by Crippen LogP contribution is 2.33. The van der Waals surface area contributed by atoms with E-state index in [-0.39, 0.29) is 12.3 Å². The van der Waals surface area contributed by atoms with Crippen molar-refractivity contribution in [2.24, 2.45) is 0 Å². The van der Waals surface area contributed by atoms with E-state index in [1.165, 1.54) is 11.3 Å². The van der Waals surface area contributed by atoms with E-state index in [2.05, 4.69) is 10.3 Å². The van der Waals surface area contributed by atoms with E-state index < -0.39 is 0 Å². The predicted octanol–water partition coefficient (Wildman–Crippen LogP) is 4.34. The second kappa shape index (κ2) is 8.88. The fourth-order valence-corrected chi connectivity index (χ4v) is 3.57. The number of nitrogens with one attached hydrogen (secondary N) is 1. The Morgan fingerprint density at radius 3 is 2.67 bits per heavy atom. The molecular formula is C20H19ClN2O3S. The molecule has 0 aliphatic heterocycles. The molecule has 2 aromatic carbocycles. The van der Waals surface area contributed by atoms with Gasteiger partial charge in [-0.1, -0.05) is 29.8 Å². The molecule has 7 heteroatoms. The first-order valence-electron chi connectivity index (χ1n) is 8.27. The molecule has 3 rings (SSSR count). The molecule has 0 spiro atoms. The minimum atomic E-state index is -0.0981. The number of carbonyl (C=O) groups excluding carboxylic acids is 1. The summed E-state index contributed by atoms with van der Waals surface area (Å²) in [5.41, 5.74) is 2.53. The number of ether oxygens (including phenoxy) is 2. The molecule has 27 heavy (non-hydrogen) atoms. The molecule has 1 amide bonds. The second-order valence-corrected chi connectivity index (χ2v) is 7.02. The zero-order valence-corrected chi connectivity index (χ0v) is 16.6. The number of hydrogen-bond donors (Lipinski definition) is 1. The van der Waals surface area contributed by atoms with Gasteiger partial charge in [0, 0.05) is 22.5 Å². The highest BCUT2D eigenvalue weighted by Gasteiger charge is 2.12. The summed E-state index contributed by atoms with van der Waals surface area (Å²) in [6, 6.07) is 13.1. The van der Waals surface area contributed by atoms with E-state index in [0.717, 1.165) is 21.8 Å². The van der Waals surface area contributed by atoms with Gasteiger partial charge in [0.2, 0.25) is 5.91 Å². The van der Waals surface area contributed by atoms with Gasteiger partial charge in [0.1, 0.15) is 5.01 Å². The first-order valence-corrected chi connectivity index (χ1v) is 9.53. The van der Waals surface area contributed by atoms with Gasteiger partial charge in [-0.3, -0.25) is 4.79 Å². The Labute approximate surface area is 166 Å². The summed E-state index contributed by atoms with van der Waals surface area (Å²) in [5, 5.41) is 6.23. The number of amides is 1. The van der Waals surface area contributed by atoms with Crippen molar-refractivity contribution in [3.8, 4) is 22.1 Å². The van der Waals surface area contributed by atoms with Gasteiger partial charge in [-0.15, -0.1) is 11.3 Å². The normalized spacial score (nSPS) is 10.5. The highest BCUT2D eigenvalue weighted by atomic mass is 35.5.